The number of hydrogen-bond donors (Lipinski definition) is 0. The number of rotatable bonds is 4. The lowest BCUT2D eigenvalue weighted by atomic mass is 10.2. The van der Waals surface area contributed by atoms with Gasteiger partial charge in [0.25, 0.3) is 0 Å². The van der Waals surface area contributed by atoms with Gasteiger partial charge < -0.3 is 4.74 Å². The monoisotopic (exact) mass is 230 g/mol. The third-order valence-electron chi connectivity index (χ3n) is 1.80. The largest absolute Gasteiger partial charge is 0.490 e. The van der Waals surface area contributed by atoms with Crippen molar-refractivity contribution in [2.24, 2.45) is 0 Å². The van der Waals surface area contributed by atoms with Crippen LogP contribution in [-0.4, -0.2) is 11.9 Å². The molecule has 0 amide bonds. The van der Waals surface area contributed by atoms with E-state index >= 15 is 0 Å². The topological polar surface area (TPSA) is 26.3 Å². The standard InChI is InChI=1S/C11H12ClFO2/c1-7(14)5-8(2)15-9-3-4-11(13)10(12)6-9/h3-4,6,8H,5H2,1-2H3. The number of benzene rings is 1. The van der Waals surface area contributed by atoms with E-state index in [9.17, 15) is 9.18 Å². The summed E-state index contributed by atoms with van der Waals surface area (Å²) in [4.78, 5) is 10.8. The molecule has 1 rings (SSSR count). The molecule has 0 aliphatic heterocycles. The molecule has 1 unspecified atom stereocenters. The highest BCUT2D eigenvalue weighted by atomic mass is 35.5. The fourth-order valence-corrected chi connectivity index (χ4v) is 1.40. The summed E-state index contributed by atoms with van der Waals surface area (Å²) in [6.45, 7) is 3.27. The molecule has 0 fully saturated rings. The number of Topliss-reactive ketones (excluding diaryl/α,β-unsaturated/α-hetero) is 1. The maximum absolute atomic E-state index is 12.8. The molecule has 0 spiro atoms. The van der Waals surface area contributed by atoms with Crippen LogP contribution in [0.1, 0.15) is 20.3 Å². The van der Waals surface area contributed by atoms with Gasteiger partial charge in [0.15, 0.2) is 0 Å². The third-order valence-corrected chi connectivity index (χ3v) is 2.09. The van der Waals surface area contributed by atoms with E-state index in [1.165, 1.54) is 25.1 Å². The minimum absolute atomic E-state index is 0.0162. The average Bonchev–Trinajstić information content (AvgIpc) is 2.10. The number of carbonyl (C=O) groups is 1. The first kappa shape index (κ1) is 12.0. The Labute approximate surface area is 93.0 Å². The quantitative estimate of drug-likeness (QED) is 0.794. The summed E-state index contributed by atoms with van der Waals surface area (Å²) in [6, 6.07) is 4.11. The van der Waals surface area contributed by atoms with Gasteiger partial charge in [-0.1, -0.05) is 11.6 Å². The molecular formula is C11H12ClFO2. The highest BCUT2D eigenvalue weighted by molar-refractivity contribution is 6.30. The first-order valence-electron chi connectivity index (χ1n) is 4.60. The lowest BCUT2D eigenvalue weighted by molar-refractivity contribution is -0.118. The van der Waals surface area contributed by atoms with Gasteiger partial charge in [0, 0.05) is 12.5 Å². The molecule has 1 aromatic rings. The summed E-state index contributed by atoms with van der Waals surface area (Å²) in [5, 5.41) is 0.0162. The molecule has 2 nitrogen and oxygen atoms in total. The van der Waals surface area contributed by atoms with Crippen LogP contribution in [0.15, 0.2) is 18.2 Å². The molecule has 0 aliphatic rings. The van der Waals surface area contributed by atoms with Gasteiger partial charge in [0.2, 0.25) is 0 Å². The number of ketones is 1. The molecule has 1 aromatic carbocycles. The van der Waals surface area contributed by atoms with Crippen molar-refractivity contribution in [1.29, 1.82) is 0 Å². The fraction of sp³-hybridized carbons (Fsp3) is 0.364. The number of carbonyl (C=O) groups excluding carboxylic acids is 1. The highest BCUT2D eigenvalue weighted by Crippen LogP contribution is 2.22. The number of hydrogen-bond acceptors (Lipinski definition) is 2. The lowest BCUT2D eigenvalue weighted by Gasteiger charge is -2.13. The Morgan fingerprint density at radius 3 is 2.80 bits per heavy atom. The Balaban J connectivity index is 2.64. The maximum Gasteiger partial charge on any atom is 0.142 e. The number of ether oxygens (including phenoxy) is 1. The van der Waals surface area contributed by atoms with Crippen molar-refractivity contribution >= 4 is 17.4 Å². The molecule has 0 saturated carbocycles. The van der Waals surface area contributed by atoms with E-state index in [0.29, 0.717) is 12.2 Å². The zero-order valence-corrected chi connectivity index (χ0v) is 9.34. The Morgan fingerprint density at radius 1 is 1.60 bits per heavy atom. The van der Waals surface area contributed by atoms with E-state index < -0.39 is 5.82 Å². The second-order valence-electron chi connectivity index (χ2n) is 3.41. The molecule has 15 heavy (non-hydrogen) atoms. The second kappa shape index (κ2) is 5.12. The van der Waals surface area contributed by atoms with Gasteiger partial charge in [-0.05, 0) is 26.0 Å². The van der Waals surface area contributed by atoms with E-state index in [-0.39, 0.29) is 16.9 Å². The summed E-state index contributed by atoms with van der Waals surface area (Å²) < 4.78 is 18.2. The Hall–Kier alpha value is -1.09. The number of halogens is 2. The van der Waals surface area contributed by atoms with Crippen molar-refractivity contribution < 1.29 is 13.9 Å². The van der Waals surface area contributed by atoms with Gasteiger partial charge in [-0.25, -0.2) is 4.39 Å². The van der Waals surface area contributed by atoms with Crippen LogP contribution < -0.4 is 4.74 Å². The average molecular weight is 231 g/mol. The van der Waals surface area contributed by atoms with E-state index in [0.717, 1.165) is 0 Å². The third kappa shape index (κ3) is 3.88. The normalized spacial score (nSPS) is 12.3. The van der Waals surface area contributed by atoms with Gasteiger partial charge in [-0.15, -0.1) is 0 Å². The predicted octanol–water partition coefficient (Wildman–Crippen LogP) is 3.23. The van der Waals surface area contributed by atoms with Gasteiger partial charge in [0.05, 0.1) is 5.02 Å². The summed E-state index contributed by atoms with van der Waals surface area (Å²) >= 11 is 5.58. The molecule has 1 atom stereocenters. The summed E-state index contributed by atoms with van der Waals surface area (Å²) in [6.07, 6.45) is 0.0960. The van der Waals surface area contributed by atoms with Crippen LogP contribution in [0.3, 0.4) is 0 Å². The molecule has 0 N–H and O–H groups in total. The molecule has 82 valence electrons. The fourth-order valence-electron chi connectivity index (χ4n) is 1.23. The molecular weight excluding hydrogens is 219 g/mol. The molecule has 0 heterocycles. The Morgan fingerprint density at radius 2 is 2.27 bits per heavy atom. The minimum atomic E-state index is -0.483. The van der Waals surface area contributed by atoms with Crippen LogP contribution in [0.4, 0.5) is 4.39 Å². The second-order valence-corrected chi connectivity index (χ2v) is 3.82. The highest BCUT2D eigenvalue weighted by Gasteiger charge is 2.08. The first-order valence-corrected chi connectivity index (χ1v) is 4.98. The summed E-state index contributed by atoms with van der Waals surface area (Å²) in [5.74, 6) is 0.0362. The van der Waals surface area contributed by atoms with Crippen LogP contribution in [0.5, 0.6) is 5.75 Å². The summed E-state index contributed by atoms with van der Waals surface area (Å²) in [5.41, 5.74) is 0. The van der Waals surface area contributed by atoms with Crippen LogP contribution in [0, 0.1) is 5.82 Å². The Bertz CT molecular complexity index is 366. The zero-order chi connectivity index (χ0) is 11.4. The van der Waals surface area contributed by atoms with E-state index in [1.54, 1.807) is 6.92 Å². The maximum atomic E-state index is 12.8. The minimum Gasteiger partial charge on any atom is -0.490 e. The zero-order valence-electron chi connectivity index (χ0n) is 8.59. The van der Waals surface area contributed by atoms with E-state index in [2.05, 4.69) is 0 Å². The molecule has 0 aliphatic carbocycles. The van der Waals surface area contributed by atoms with E-state index in [1.807, 2.05) is 0 Å². The molecule has 0 radical (unpaired) electrons. The van der Waals surface area contributed by atoms with Crippen LogP contribution >= 0.6 is 11.6 Å². The van der Waals surface area contributed by atoms with Crippen molar-refractivity contribution in [3.63, 3.8) is 0 Å². The van der Waals surface area contributed by atoms with Crippen LogP contribution in [-0.2, 0) is 4.79 Å². The van der Waals surface area contributed by atoms with Crippen molar-refractivity contribution in [3.8, 4) is 5.75 Å². The molecule has 0 saturated heterocycles. The van der Waals surface area contributed by atoms with Crippen LogP contribution in [0.2, 0.25) is 5.02 Å². The molecule has 0 bridgehead atoms. The Kier molecular flexibility index (Phi) is 4.09. The van der Waals surface area contributed by atoms with Gasteiger partial charge >= 0.3 is 0 Å². The first-order chi connectivity index (χ1) is 6.99. The molecule has 4 heteroatoms. The van der Waals surface area contributed by atoms with Crippen molar-refractivity contribution in [1.82, 2.24) is 0 Å². The SMILES string of the molecule is CC(=O)CC(C)Oc1ccc(F)c(Cl)c1. The van der Waals surface area contributed by atoms with Crippen LogP contribution in [0.25, 0.3) is 0 Å². The van der Waals surface area contributed by atoms with Gasteiger partial charge in [-0.3, -0.25) is 4.79 Å². The molecule has 0 aromatic heterocycles. The van der Waals surface area contributed by atoms with E-state index in [4.69, 9.17) is 16.3 Å². The van der Waals surface area contributed by atoms with Crippen molar-refractivity contribution in [3.05, 3.63) is 29.0 Å². The lowest BCUT2D eigenvalue weighted by Crippen LogP contribution is -2.15. The smallest absolute Gasteiger partial charge is 0.142 e. The van der Waals surface area contributed by atoms with Crippen molar-refractivity contribution in [2.45, 2.75) is 26.4 Å². The van der Waals surface area contributed by atoms with Crippen molar-refractivity contribution in [2.75, 3.05) is 0 Å². The van der Waals surface area contributed by atoms with Gasteiger partial charge in [0.1, 0.15) is 23.5 Å². The summed E-state index contributed by atoms with van der Waals surface area (Å²) in [7, 11) is 0. The van der Waals surface area contributed by atoms with Gasteiger partial charge in [-0.2, -0.15) is 0 Å². The predicted molar refractivity (Wildman–Crippen MR) is 56.8 cm³/mol.